The number of hydrogen-bond donors (Lipinski definition) is 1. The van der Waals surface area contributed by atoms with E-state index >= 15 is 0 Å². The summed E-state index contributed by atoms with van der Waals surface area (Å²) < 4.78 is 0. The second-order valence-corrected chi connectivity index (χ2v) is 2.71. The van der Waals surface area contributed by atoms with Crippen LogP contribution in [0.3, 0.4) is 0 Å². The van der Waals surface area contributed by atoms with Crippen molar-refractivity contribution in [2.24, 2.45) is 4.99 Å². The van der Waals surface area contributed by atoms with E-state index in [2.05, 4.69) is 23.3 Å². The summed E-state index contributed by atoms with van der Waals surface area (Å²) in [4.78, 5) is 4.40. The summed E-state index contributed by atoms with van der Waals surface area (Å²) in [5.74, 6) is 0. The van der Waals surface area contributed by atoms with Gasteiger partial charge in [-0.3, -0.25) is 4.99 Å². The molecule has 0 saturated heterocycles. The number of anilines is 1. The van der Waals surface area contributed by atoms with Gasteiger partial charge in [0.1, 0.15) is 0 Å². The summed E-state index contributed by atoms with van der Waals surface area (Å²) in [6.07, 6.45) is 0. The van der Waals surface area contributed by atoms with E-state index in [0.717, 1.165) is 24.1 Å². The lowest BCUT2D eigenvalue weighted by Gasteiger charge is -1.99. The third-order valence-electron chi connectivity index (χ3n) is 1.71. The third-order valence-corrected chi connectivity index (χ3v) is 1.71. The van der Waals surface area contributed by atoms with Crippen molar-refractivity contribution < 1.29 is 0 Å². The minimum atomic E-state index is 0.822. The van der Waals surface area contributed by atoms with Gasteiger partial charge in [0.05, 0.1) is 11.0 Å². The monoisotopic (exact) mass is 176 g/mol. The fourth-order valence-corrected chi connectivity index (χ4v) is 1.19. The molecule has 70 valence electrons. The van der Waals surface area contributed by atoms with Crippen LogP contribution in [0, 0.1) is 0 Å². The van der Waals surface area contributed by atoms with Crippen LogP contribution in [0.15, 0.2) is 35.3 Å². The van der Waals surface area contributed by atoms with Crippen molar-refractivity contribution in [2.75, 3.05) is 18.4 Å². The van der Waals surface area contributed by atoms with Crippen molar-refractivity contribution >= 4 is 5.69 Å². The van der Waals surface area contributed by atoms with Crippen LogP contribution in [0.25, 0.3) is 0 Å². The lowest BCUT2D eigenvalue weighted by molar-refractivity contribution is 1.06. The lowest BCUT2D eigenvalue weighted by atomic mass is 10.4. The molecular weight excluding hydrogens is 160 g/mol. The summed E-state index contributed by atoms with van der Waals surface area (Å²) in [5, 5.41) is 4.32. The standard InChI is InChI=1S/C11H16N2/c1-3-12-10-8-6-5-7-9-11(10)13-4-2/h5-9H,3-4H2,1-2H3,(H,12,13). The third kappa shape index (κ3) is 2.90. The molecule has 0 atom stereocenters. The van der Waals surface area contributed by atoms with Crippen LogP contribution in [-0.4, -0.2) is 13.1 Å². The molecule has 1 aromatic rings. The van der Waals surface area contributed by atoms with Crippen molar-refractivity contribution in [2.45, 2.75) is 13.8 Å². The average Bonchev–Trinajstić information content (AvgIpc) is 2.33. The Balaban J connectivity index is 3.16. The van der Waals surface area contributed by atoms with Gasteiger partial charge in [-0.15, -0.1) is 0 Å². The van der Waals surface area contributed by atoms with Gasteiger partial charge < -0.3 is 5.32 Å². The van der Waals surface area contributed by atoms with Crippen LogP contribution in [-0.2, 0) is 0 Å². The maximum atomic E-state index is 4.40. The molecule has 1 aromatic carbocycles. The van der Waals surface area contributed by atoms with Crippen molar-refractivity contribution in [3.63, 3.8) is 0 Å². The molecule has 1 N–H and O–H groups in total. The van der Waals surface area contributed by atoms with E-state index in [-0.39, 0.29) is 0 Å². The molecule has 0 aliphatic heterocycles. The highest BCUT2D eigenvalue weighted by atomic mass is 14.9. The molecule has 0 saturated carbocycles. The Bertz CT molecular complexity index is 318. The van der Waals surface area contributed by atoms with E-state index in [4.69, 9.17) is 0 Å². The van der Waals surface area contributed by atoms with Gasteiger partial charge in [0, 0.05) is 13.1 Å². The van der Waals surface area contributed by atoms with Crippen LogP contribution >= 0.6 is 0 Å². The number of hydrogen-bond acceptors (Lipinski definition) is 2. The summed E-state index contributed by atoms with van der Waals surface area (Å²) in [7, 11) is 0. The van der Waals surface area contributed by atoms with Gasteiger partial charge in [-0.1, -0.05) is 18.2 Å². The Hall–Kier alpha value is -1.31. The zero-order valence-corrected chi connectivity index (χ0v) is 8.25. The summed E-state index contributed by atoms with van der Waals surface area (Å²) >= 11 is 0. The second kappa shape index (κ2) is 5.36. The maximum absolute atomic E-state index is 4.40. The molecule has 0 spiro atoms. The van der Waals surface area contributed by atoms with E-state index in [0.29, 0.717) is 0 Å². The molecular formula is C11H16N2. The molecule has 2 heteroatoms. The van der Waals surface area contributed by atoms with Gasteiger partial charge in [0.25, 0.3) is 0 Å². The molecule has 0 heterocycles. The van der Waals surface area contributed by atoms with Gasteiger partial charge in [0.2, 0.25) is 0 Å². The molecule has 0 aliphatic rings. The Labute approximate surface area is 79.3 Å². The number of nitrogens with one attached hydrogen (secondary N) is 1. The Morgan fingerprint density at radius 2 is 1.92 bits per heavy atom. The zero-order valence-electron chi connectivity index (χ0n) is 8.25. The zero-order chi connectivity index (χ0) is 9.52. The first-order valence-corrected chi connectivity index (χ1v) is 4.72. The Morgan fingerprint density at radius 1 is 1.15 bits per heavy atom. The molecule has 2 nitrogen and oxygen atoms in total. The van der Waals surface area contributed by atoms with Crippen molar-refractivity contribution in [1.82, 2.24) is 0 Å². The largest absolute Gasteiger partial charge is 0.384 e. The van der Waals surface area contributed by atoms with Crippen molar-refractivity contribution in [3.05, 3.63) is 35.7 Å². The van der Waals surface area contributed by atoms with Gasteiger partial charge in [-0.05, 0) is 26.0 Å². The molecule has 0 amide bonds. The highest BCUT2D eigenvalue weighted by Gasteiger charge is 1.89. The van der Waals surface area contributed by atoms with E-state index in [1.807, 2.05) is 31.2 Å². The van der Waals surface area contributed by atoms with E-state index < -0.39 is 0 Å². The first kappa shape index (κ1) is 9.78. The number of rotatable bonds is 3. The normalized spacial score (nSPS) is 11.4. The fraction of sp³-hybridized carbons (Fsp3) is 0.364. The molecule has 0 aromatic heterocycles. The smallest absolute Gasteiger partial charge is 0.0805 e. The predicted molar refractivity (Wildman–Crippen MR) is 56.7 cm³/mol. The topological polar surface area (TPSA) is 24.4 Å². The minimum absolute atomic E-state index is 0.822. The highest BCUT2D eigenvalue weighted by molar-refractivity contribution is 5.40. The second-order valence-electron chi connectivity index (χ2n) is 2.71. The quantitative estimate of drug-likeness (QED) is 0.748. The first-order valence-electron chi connectivity index (χ1n) is 4.72. The van der Waals surface area contributed by atoms with Crippen LogP contribution in [0.1, 0.15) is 13.8 Å². The van der Waals surface area contributed by atoms with Crippen LogP contribution < -0.4 is 10.7 Å². The highest BCUT2D eigenvalue weighted by Crippen LogP contribution is 1.96. The summed E-state index contributed by atoms with van der Waals surface area (Å²) in [5.41, 5.74) is 1.11. The molecule has 13 heavy (non-hydrogen) atoms. The van der Waals surface area contributed by atoms with Gasteiger partial charge >= 0.3 is 0 Å². The summed E-state index contributed by atoms with van der Waals surface area (Å²) in [6, 6.07) is 10.1. The minimum Gasteiger partial charge on any atom is -0.384 e. The van der Waals surface area contributed by atoms with E-state index in [1.54, 1.807) is 0 Å². The number of nitrogens with zero attached hydrogens (tertiary/aromatic N) is 1. The molecule has 0 aliphatic carbocycles. The molecule has 0 bridgehead atoms. The molecule has 1 rings (SSSR count). The Kier molecular flexibility index (Phi) is 4.03. The SMILES string of the molecule is CCN=c1cccccc1NCC. The lowest BCUT2D eigenvalue weighted by Crippen LogP contribution is -2.09. The summed E-state index contributed by atoms with van der Waals surface area (Å²) in [6.45, 7) is 5.88. The van der Waals surface area contributed by atoms with Gasteiger partial charge in [-0.25, -0.2) is 0 Å². The fourth-order valence-electron chi connectivity index (χ4n) is 1.19. The van der Waals surface area contributed by atoms with Crippen molar-refractivity contribution in [3.8, 4) is 0 Å². The van der Waals surface area contributed by atoms with Crippen LogP contribution in [0.4, 0.5) is 5.69 Å². The predicted octanol–water partition coefficient (Wildman–Crippen LogP) is 2.04. The van der Waals surface area contributed by atoms with Crippen molar-refractivity contribution in [1.29, 1.82) is 0 Å². The van der Waals surface area contributed by atoms with E-state index in [9.17, 15) is 0 Å². The molecule has 0 unspecified atom stereocenters. The van der Waals surface area contributed by atoms with Gasteiger partial charge in [0.15, 0.2) is 0 Å². The first-order chi connectivity index (χ1) is 6.38. The molecule has 0 radical (unpaired) electrons. The van der Waals surface area contributed by atoms with E-state index in [1.165, 1.54) is 0 Å². The molecule has 0 fully saturated rings. The Morgan fingerprint density at radius 3 is 2.62 bits per heavy atom. The van der Waals surface area contributed by atoms with Crippen LogP contribution in [0.5, 0.6) is 0 Å². The average molecular weight is 176 g/mol. The van der Waals surface area contributed by atoms with Crippen LogP contribution in [0.2, 0.25) is 0 Å². The maximum Gasteiger partial charge on any atom is 0.0805 e. The van der Waals surface area contributed by atoms with Gasteiger partial charge in [-0.2, -0.15) is 0 Å².